The minimum absolute atomic E-state index is 0.104. The van der Waals surface area contributed by atoms with E-state index in [1.165, 1.54) is 7.11 Å². The van der Waals surface area contributed by atoms with E-state index >= 15 is 0 Å². The quantitative estimate of drug-likeness (QED) is 0.598. The second-order valence-electron chi connectivity index (χ2n) is 8.46. The maximum absolute atomic E-state index is 12.9. The van der Waals surface area contributed by atoms with Crippen LogP contribution in [-0.2, 0) is 25.9 Å². The Balaban J connectivity index is 1.88. The van der Waals surface area contributed by atoms with Gasteiger partial charge >= 0.3 is 6.09 Å². The topological polar surface area (TPSA) is 97.8 Å². The van der Waals surface area contributed by atoms with Gasteiger partial charge in [0.25, 0.3) is 0 Å². The second-order valence-corrected chi connectivity index (χ2v) is 10.3. The van der Waals surface area contributed by atoms with E-state index in [1.807, 2.05) is 48.5 Å². The minimum Gasteiger partial charge on any atom is -0.447 e. The summed E-state index contributed by atoms with van der Waals surface area (Å²) in [5, 5.41) is 0. The lowest BCUT2D eigenvalue weighted by Crippen LogP contribution is -2.58. The molecule has 1 saturated heterocycles. The lowest BCUT2D eigenvalue weighted by atomic mass is 9.93. The van der Waals surface area contributed by atoms with E-state index in [4.69, 9.17) is 14.5 Å². The number of nitrogens with zero attached hydrogens (tertiary/aromatic N) is 2. The van der Waals surface area contributed by atoms with Crippen LogP contribution in [0.2, 0.25) is 0 Å². The summed E-state index contributed by atoms with van der Waals surface area (Å²) in [6, 6.07) is 14.8. The highest BCUT2D eigenvalue weighted by molar-refractivity contribution is 7.89. The molecule has 2 heterocycles. The Hall–Kier alpha value is -2.49. The van der Waals surface area contributed by atoms with E-state index in [1.54, 1.807) is 18.7 Å². The molecule has 9 heteroatoms. The Morgan fingerprint density at radius 1 is 1.18 bits per heavy atom. The molecular formula is C24H33N3O5S. The lowest BCUT2D eigenvalue weighted by Gasteiger charge is -2.41. The van der Waals surface area contributed by atoms with Gasteiger partial charge in [-0.1, -0.05) is 36.4 Å². The molecule has 1 aliphatic rings. The van der Waals surface area contributed by atoms with Crippen molar-refractivity contribution in [2.75, 3.05) is 26.0 Å². The summed E-state index contributed by atoms with van der Waals surface area (Å²) in [6.45, 7) is 4.21. The average molecular weight is 476 g/mol. The van der Waals surface area contributed by atoms with Gasteiger partial charge in [-0.3, -0.25) is 4.98 Å². The van der Waals surface area contributed by atoms with Crippen molar-refractivity contribution in [2.45, 2.75) is 51.3 Å². The summed E-state index contributed by atoms with van der Waals surface area (Å²) < 4.78 is 38.4. The third-order valence-corrected chi connectivity index (χ3v) is 6.90. The Bertz CT molecular complexity index is 1010. The van der Waals surface area contributed by atoms with Crippen LogP contribution in [0.3, 0.4) is 0 Å². The van der Waals surface area contributed by atoms with Crippen LogP contribution in [-0.4, -0.2) is 68.6 Å². The van der Waals surface area contributed by atoms with Crippen LogP contribution < -0.4 is 4.72 Å². The van der Waals surface area contributed by atoms with Gasteiger partial charge in [0.1, 0.15) is 0 Å². The first kappa shape index (κ1) is 25.1. The SMILES string of the molecule is COCCS(=O)(=O)NC1CCCN(C(=O)OC(C)C)C1Cc1cccc(-c2ccccc2)n1. The van der Waals surface area contributed by atoms with Gasteiger partial charge in [0.15, 0.2) is 0 Å². The van der Waals surface area contributed by atoms with Gasteiger partial charge < -0.3 is 14.4 Å². The average Bonchev–Trinajstić information content (AvgIpc) is 2.79. The fourth-order valence-electron chi connectivity index (χ4n) is 4.00. The standard InChI is InChI=1S/C24H33N3O5S/c1-18(2)32-24(28)27-14-8-13-22(26-33(29,30)16-15-31-3)23(27)17-20-11-7-12-21(25-20)19-9-5-4-6-10-19/h4-7,9-12,18,22-23,26H,8,13-17H2,1-3H3. The maximum atomic E-state index is 12.9. The number of benzene rings is 1. The number of piperidine rings is 1. The van der Waals surface area contributed by atoms with Crippen molar-refractivity contribution in [1.82, 2.24) is 14.6 Å². The molecular weight excluding hydrogens is 442 g/mol. The summed E-state index contributed by atoms with van der Waals surface area (Å²) in [7, 11) is -2.10. The molecule has 8 nitrogen and oxygen atoms in total. The van der Waals surface area contributed by atoms with E-state index < -0.39 is 28.2 Å². The monoisotopic (exact) mass is 475 g/mol. The molecule has 1 aliphatic heterocycles. The number of hydrogen-bond donors (Lipinski definition) is 1. The number of carbonyl (C=O) groups excluding carboxylic acids is 1. The summed E-state index contributed by atoms with van der Waals surface area (Å²) in [5.74, 6) is -0.134. The van der Waals surface area contributed by atoms with Crippen LogP contribution in [0.4, 0.5) is 4.79 Å². The van der Waals surface area contributed by atoms with E-state index in [-0.39, 0.29) is 18.5 Å². The molecule has 33 heavy (non-hydrogen) atoms. The number of aromatic nitrogens is 1. The number of methoxy groups -OCH3 is 1. The van der Waals surface area contributed by atoms with Gasteiger partial charge in [-0.15, -0.1) is 0 Å². The molecule has 1 aromatic heterocycles. The zero-order valence-corrected chi connectivity index (χ0v) is 20.3. The van der Waals surface area contributed by atoms with Gasteiger partial charge in [-0.05, 0) is 38.8 Å². The van der Waals surface area contributed by atoms with Gasteiger partial charge in [0.05, 0.1) is 30.2 Å². The molecule has 1 aromatic carbocycles. The number of amides is 1. The number of ether oxygens (including phenoxy) is 2. The van der Waals surface area contributed by atoms with Crippen molar-refractivity contribution in [3.05, 3.63) is 54.2 Å². The molecule has 2 unspecified atom stereocenters. The van der Waals surface area contributed by atoms with Crippen LogP contribution in [0.1, 0.15) is 32.4 Å². The first-order valence-electron chi connectivity index (χ1n) is 11.3. The fraction of sp³-hybridized carbons (Fsp3) is 0.500. The number of hydrogen-bond acceptors (Lipinski definition) is 6. The maximum Gasteiger partial charge on any atom is 0.410 e. The smallest absolute Gasteiger partial charge is 0.410 e. The van der Waals surface area contributed by atoms with E-state index in [0.29, 0.717) is 25.8 Å². The van der Waals surface area contributed by atoms with Crippen molar-refractivity contribution >= 4 is 16.1 Å². The van der Waals surface area contributed by atoms with Gasteiger partial charge in [-0.25, -0.2) is 17.9 Å². The normalized spacial score (nSPS) is 19.0. The predicted molar refractivity (Wildman–Crippen MR) is 127 cm³/mol. The summed E-state index contributed by atoms with van der Waals surface area (Å²) in [5.41, 5.74) is 2.61. The second kappa shape index (κ2) is 11.6. The van der Waals surface area contributed by atoms with Crippen molar-refractivity contribution in [1.29, 1.82) is 0 Å². The molecule has 1 amide bonds. The van der Waals surface area contributed by atoms with Gasteiger partial charge in [0.2, 0.25) is 10.0 Å². The molecule has 1 N–H and O–H groups in total. The number of pyridine rings is 1. The Morgan fingerprint density at radius 3 is 2.64 bits per heavy atom. The molecule has 0 spiro atoms. The number of likely N-dealkylation sites (tertiary alicyclic amines) is 1. The summed E-state index contributed by atoms with van der Waals surface area (Å²) in [4.78, 5) is 19.3. The molecule has 180 valence electrons. The lowest BCUT2D eigenvalue weighted by molar-refractivity contribution is 0.0458. The Kier molecular flexibility index (Phi) is 8.82. The third-order valence-electron chi connectivity index (χ3n) is 5.53. The van der Waals surface area contributed by atoms with Crippen LogP contribution in [0, 0.1) is 0 Å². The minimum atomic E-state index is -3.57. The first-order chi connectivity index (χ1) is 15.8. The zero-order chi connectivity index (χ0) is 23.8. The van der Waals surface area contributed by atoms with E-state index in [0.717, 1.165) is 17.0 Å². The summed E-state index contributed by atoms with van der Waals surface area (Å²) in [6.07, 6.45) is 1.01. The molecule has 2 atom stereocenters. The zero-order valence-electron chi connectivity index (χ0n) is 19.4. The number of sulfonamides is 1. The van der Waals surface area contributed by atoms with Crippen molar-refractivity contribution in [3.8, 4) is 11.3 Å². The van der Waals surface area contributed by atoms with Crippen molar-refractivity contribution in [3.63, 3.8) is 0 Å². The Labute approximate surface area is 196 Å². The van der Waals surface area contributed by atoms with Gasteiger partial charge in [-0.2, -0.15) is 0 Å². The first-order valence-corrected chi connectivity index (χ1v) is 12.9. The Morgan fingerprint density at radius 2 is 1.94 bits per heavy atom. The highest BCUT2D eigenvalue weighted by Crippen LogP contribution is 2.24. The van der Waals surface area contributed by atoms with Gasteiger partial charge in [0, 0.05) is 37.4 Å². The largest absolute Gasteiger partial charge is 0.447 e. The number of nitrogens with one attached hydrogen (secondary N) is 1. The van der Waals surface area contributed by atoms with Crippen LogP contribution in [0.5, 0.6) is 0 Å². The molecule has 2 aromatic rings. The molecule has 3 rings (SSSR count). The third kappa shape index (κ3) is 7.25. The fourth-order valence-corrected chi connectivity index (χ4v) is 5.24. The van der Waals surface area contributed by atoms with Crippen LogP contribution in [0.15, 0.2) is 48.5 Å². The molecule has 0 radical (unpaired) electrons. The molecule has 0 aliphatic carbocycles. The van der Waals surface area contributed by atoms with E-state index in [9.17, 15) is 13.2 Å². The predicted octanol–water partition coefficient (Wildman–Crippen LogP) is 3.23. The molecule has 0 saturated carbocycles. The van der Waals surface area contributed by atoms with Crippen molar-refractivity contribution < 1.29 is 22.7 Å². The van der Waals surface area contributed by atoms with Crippen molar-refractivity contribution in [2.24, 2.45) is 0 Å². The molecule has 0 bridgehead atoms. The molecule has 1 fully saturated rings. The summed E-state index contributed by atoms with van der Waals surface area (Å²) >= 11 is 0. The van der Waals surface area contributed by atoms with Crippen LogP contribution in [0.25, 0.3) is 11.3 Å². The highest BCUT2D eigenvalue weighted by atomic mass is 32.2. The number of carbonyl (C=O) groups is 1. The number of rotatable bonds is 9. The van der Waals surface area contributed by atoms with E-state index in [2.05, 4.69) is 4.72 Å². The highest BCUT2D eigenvalue weighted by Gasteiger charge is 2.37. The van der Waals surface area contributed by atoms with Crippen LogP contribution >= 0.6 is 0 Å².